The molecule has 0 atom stereocenters. The summed E-state index contributed by atoms with van der Waals surface area (Å²) in [6.07, 6.45) is 2.99. The van der Waals surface area contributed by atoms with Crippen LogP contribution < -0.4 is 5.73 Å². The Balaban J connectivity index is 2.01. The molecule has 100 valence electrons. The molecule has 2 aromatic rings. The molecular formula is C16H21N3. The monoisotopic (exact) mass is 255 g/mol. The van der Waals surface area contributed by atoms with E-state index in [0.29, 0.717) is 0 Å². The number of nitrogen functional groups attached to an aromatic ring is 1. The van der Waals surface area contributed by atoms with Crippen molar-refractivity contribution in [2.24, 2.45) is 0 Å². The highest BCUT2D eigenvalue weighted by atomic mass is 15.1. The van der Waals surface area contributed by atoms with Gasteiger partial charge in [-0.15, -0.1) is 0 Å². The van der Waals surface area contributed by atoms with Crippen LogP contribution >= 0.6 is 0 Å². The van der Waals surface area contributed by atoms with Gasteiger partial charge < -0.3 is 5.73 Å². The molecule has 2 rings (SSSR count). The molecule has 0 saturated heterocycles. The Morgan fingerprint density at radius 1 is 1.05 bits per heavy atom. The quantitative estimate of drug-likeness (QED) is 0.807. The molecule has 2 N–H and O–H groups in total. The fraction of sp³-hybridized carbons (Fsp3) is 0.312. The minimum atomic E-state index is 0.815. The SMILES string of the molecule is CCCN(Cc1ccc(N)cc1)Cc1ccccn1. The van der Waals surface area contributed by atoms with Crippen LogP contribution in [0.5, 0.6) is 0 Å². The minimum Gasteiger partial charge on any atom is -0.399 e. The summed E-state index contributed by atoms with van der Waals surface area (Å²) in [4.78, 5) is 6.81. The summed E-state index contributed by atoms with van der Waals surface area (Å²) in [6.45, 7) is 5.10. The lowest BCUT2D eigenvalue weighted by molar-refractivity contribution is 0.254. The van der Waals surface area contributed by atoms with E-state index in [-0.39, 0.29) is 0 Å². The van der Waals surface area contributed by atoms with Gasteiger partial charge in [0.25, 0.3) is 0 Å². The molecule has 0 spiro atoms. The van der Waals surface area contributed by atoms with Crippen molar-refractivity contribution in [3.63, 3.8) is 0 Å². The number of anilines is 1. The summed E-state index contributed by atoms with van der Waals surface area (Å²) < 4.78 is 0. The first-order valence-corrected chi connectivity index (χ1v) is 6.74. The number of nitrogens with zero attached hydrogens (tertiary/aromatic N) is 2. The molecule has 1 aromatic carbocycles. The zero-order valence-corrected chi connectivity index (χ0v) is 11.4. The molecule has 0 radical (unpaired) electrons. The molecule has 0 bridgehead atoms. The third-order valence-electron chi connectivity index (χ3n) is 3.04. The number of nitrogens with two attached hydrogens (primary N) is 1. The highest BCUT2D eigenvalue weighted by Crippen LogP contribution is 2.11. The average molecular weight is 255 g/mol. The van der Waals surface area contributed by atoms with Crippen LogP contribution in [0.4, 0.5) is 5.69 Å². The lowest BCUT2D eigenvalue weighted by Gasteiger charge is -2.21. The van der Waals surface area contributed by atoms with E-state index in [2.05, 4.69) is 35.0 Å². The standard InChI is InChI=1S/C16H21N3/c1-2-11-19(13-16-5-3-4-10-18-16)12-14-6-8-15(17)9-7-14/h3-10H,2,11-13,17H2,1H3. The van der Waals surface area contributed by atoms with Crippen LogP contribution in [0.1, 0.15) is 24.6 Å². The van der Waals surface area contributed by atoms with Gasteiger partial charge in [0, 0.05) is 25.0 Å². The molecule has 0 aliphatic heterocycles. The summed E-state index contributed by atoms with van der Waals surface area (Å²) >= 11 is 0. The maximum absolute atomic E-state index is 5.72. The van der Waals surface area contributed by atoms with Crippen LogP contribution in [0.25, 0.3) is 0 Å². The molecule has 19 heavy (non-hydrogen) atoms. The zero-order valence-electron chi connectivity index (χ0n) is 11.4. The topological polar surface area (TPSA) is 42.1 Å². The van der Waals surface area contributed by atoms with Gasteiger partial charge in [0.15, 0.2) is 0 Å². The molecular weight excluding hydrogens is 234 g/mol. The van der Waals surface area contributed by atoms with Gasteiger partial charge in [0.1, 0.15) is 0 Å². The summed E-state index contributed by atoms with van der Waals surface area (Å²) in [5.74, 6) is 0. The van der Waals surface area contributed by atoms with Gasteiger partial charge in [0.2, 0.25) is 0 Å². The number of benzene rings is 1. The van der Waals surface area contributed by atoms with E-state index in [1.807, 2.05) is 30.5 Å². The van der Waals surface area contributed by atoms with Crippen molar-refractivity contribution in [2.75, 3.05) is 12.3 Å². The van der Waals surface area contributed by atoms with E-state index in [1.54, 1.807) is 0 Å². The largest absolute Gasteiger partial charge is 0.399 e. The van der Waals surface area contributed by atoms with E-state index in [0.717, 1.165) is 37.4 Å². The van der Waals surface area contributed by atoms with Gasteiger partial charge in [-0.3, -0.25) is 9.88 Å². The first kappa shape index (κ1) is 13.6. The van der Waals surface area contributed by atoms with E-state index < -0.39 is 0 Å². The third-order valence-corrected chi connectivity index (χ3v) is 3.04. The predicted molar refractivity (Wildman–Crippen MR) is 79.5 cm³/mol. The second-order valence-electron chi connectivity index (χ2n) is 4.77. The Bertz CT molecular complexity index is 479. The van der Waals surface area contributed by atoms with E-state index in [4.69, 9.17) is 5.73 Å². The number of pyridine rings is 1. The first-order valence-electron chi connectivity index (χ1n) is 6.74. The van der Waals surface area contributed by atoms with Crippen LogP contribution in [0.3, 0.4) is 0 Å². The third kappa shape index (κ3) is 4.38. The van der Waals surface area contributed by atoms with Gasteiger partial charge in [-0.1, -0.05) is 25.1 Å². The molecule has 0 amide bonds. The van der Waals surface area contributed by atoms with Crippen LogP contribution in [0.15, 0.2) is 48.7 Å². The minimum absolute atomic E-state index is 0.815. The smallest absolute Gasteiger partial charge is 0.0544 e. The molecule has 3 heteroatoms. The van der Waals surface area contributed by atoms with Gasteiger partial charge in [-0.25, -0.2) is 0 Å². The van der Waals surface area contributed by atoms with Crippen molar-refractivity contribution in [1.82, 2.24) is 9.88 Å². The lowest BCUT2D eigenvalue weighted by atomic mass is 10.2. The average Bonchev–Trinajstić information content (AvgIpc) is 2.43. The molecule has 0 saturated carbocycles. The molecule has 1 aromatic heterocycles. The van der Waals surface area contributed by atoms with Crippen molar-refractivity contribution in [2.45, 2.75) is 26.4 Å². The predicted octanol–water partition coefficient (Wildman–Crippen LogP) is 3.08. The highest BCUT2D eigenvalue weighted by molar-refractivity contribution is 5.39. The Morgan fingerprint density at radius 3 is 2.47 bits per heavy atom. The highest BCUT2D eigenvalue weighted by Gasteiger charge is 2.06. The summed E-state index contributed by atoms with van der Waals surface area (Å²) in [7, 11) is 0. The lowest BCUT2D eigenvalue weighted by Crippen LogP contribution is -2.24. The Hall–Kier alpha value is -1.87. The Labute approximate surface area is 115 Å². The fourth-order valence-corrected chi connectivity index (χ4v) is 2.13. The number of aromatic nitrogens is 1. The number of rotatable bonds is 6. The normalized spacial score (nSPS) is 10.8. The number of hydrogen-bond donors (Lipinski definition) is 1. The Morgan fingerprint density at radius 2 is 1.84 bits per heavy atom. The van der Waals surface area contributed by atoms with Gasteiger partial charge in [-0.2, -0.15) is 0 Å². The van der Waals surface area contributed by atoms with Gasteiger partial charge in [-0.05, 0) is 42.8 Å². The summed E-state index contributed by atoms with van der Waals surface area (Å²) in [6, 6.07) is 14.2. The summed E-state index contributed by atoms with van der Waals surface area (Å²) in [5, 5.41) is 0. The number of hydrogen-bond acceptors (Lipinski definition) is 3. The van der Waals surface area contributed by atoms with E-state index >= 15 is 0 Å². The van der Waals surface area contributed by atoms with Crippen molar-refractivity contribution >= 4 is 5.69 Å². The molecule has 3 nitrogen and oxygen atoms in total. The van der Waals surface area contributed by atoms with E-state index in [9.17, 15) is 0 Å². The second-order valence-corrected chi connectivity index (χ2v) is 4.77. The second kappa shape index (κ2) is 6.90. The van der Waals surface area contributed by atoms with Gasteiger partial charge >= 0.3 is 0 Å². The first-order chi connectivity index (χ1) is 9.28. The van der Waals surface area contributed by atoms with Crippen molar-refractivity contribution in [3.05, 3.63) is 59.9 Å². The van der Waals surface area contributed by atoms with Gasteiger partial charge in [0.05, 0.1) is 5.69 Å². The van der Waals surface area contributed by atoms with Crippen molar-refractivity contribution in [1.29, 1.82) is 0 Å². The summed E-state index contributed by atoms with van der Waals surface area (Å²) in [5.41, 5.74) is 8.94. The molecule has 0 unspecified atom stereocenters. The van der Waals surface area contributed by atoms with Crippen LogP contribution in [0, 0.1) is 0 Å². The molecule has 0 aliphatic carbocycles. The van der Waals surface area contributed by atoms with Crippen LogP contribution in [0.2, 0.25) is 0 Å². The van der Waals surface area contributed by atoms with Crippen molar-refractivity contribution < 1.29 is 0 Å². The molecule has 0 aliphatic rings. The maximum atomic E-state index is 5.72. The molecule has 1 heterocycles. The van der Waals surface area contributed by atoms with Crippen molar-refractivity contribution in [3.8, 4) is 0 Å². The van der Waals surface area contributed by atoms with E-state index in [1.165, 1.54) is 5.56 Å². The molecule has 0 fully saturated rings. The van der Waals surface area contributed by atoms with Crippen LogP contribution in [-0.2, 0) is 13.1 Å². The van der Waals surface area contributed by atoms with Crippen LogP contribution in [-0.4, -0.2) is 16.4 Å². The Kier molecular flexibility index (Phi) is 4.93. The maximum Gasteiger partial charge on any atom is 0.0544 e. The zero-order chi connectivity index (χ0) is 13.5. The fourth-order valence-electron chi connectivity index (χ4n) is 2.13.